The summed E-state index contributed by atoms with van der Waals surface area (Å²) >= 11 is 0. The topological polar surface area (TPSA) is 38.4 Å². The van der Waals surface area contributed by atoms with Gasteiger partial charge in [0.2, 0.25) is 0 Å². The first-order valence-corrected chi connectivity index (χ1v) is 3.69. The van der Waals surface area contributed by atoms with Crippen LogP contribution in [0.3, 0.4) is 0 Å². The van der Waals surface area contributed by atoms with Gasteiger partial charge in [0, 0.05) is 0 Å². The molecule has 0 aliphatic heterocycles. The second-order valence-corrected chi connectivity index (χ2v) is 2.58. The average Bonchev–Trinajstić information content (AvgIpc) is 2.03. The highest BCUT2D eigenvalue weighted by atomic mass is 79.9. The molecule has 2 nitrogen and oxygen atoms in total. The zero-order chi connectivity index (χ0) is 8.97. The normalized spacial score (nSPS) is 10.8. The fourth-order valence-corrected chi connectivity index (χ4v) is 0.806. The van der Waals surface area contributed by atoms with Gasteiger partial charge in [-0.15, -0.1) is 17.0 Å². The molecule has 0 amide bonds. The van der Waals surface area contributed by atoms with Crippen LogP contribution in [0.25, 0.3) is 0 Å². The van der Waals surface area contributed by atoms with Crippen molar-refractivity contribution < 1.29 is 4.39 Å². The van der Waals surface area contributed by atoms with Gasteiger partial charge in [-0.3, -0.25) is 4.99 Å². The fourth-order valence-electron chi connectivity index (χ4n) is 0.806. The molecule has 0 spiro atoms. The van der Waals surface area contributed by atoms with E-state index in [1.165, 1.54) is 12.1 Å². The maximum absolute atomic E-state index is 12.4. The van der Waals surface area contributed by atoms with Crippen LogP contribution in [0.15, 0.2) is 29.3 Å². The number of hydrogen-bond acceptors (Lipinski definition) is 1. The lowest BCUT2D eigenvalue weighted by Crippen LogP contribution is -2.05. The molecule has 0 atom stereocenters. The Morgan fingerprint density at radius 1 is 1.38 bits per heavy atom. The maximum Gasteiger partial charge on any atom is 0.123 e. The van der Waals surface area contributed by atoms with Crippen LogP contribution in [0.2, 0.25) is 0 Å². The summed E-state index contributed by atoms with van der Waals surface area (Å²) in [6.45, 7) is 2.24. The number of nitrogens with zero attached hydrogens (tertiary/aromatic N) is 1. The van der Waals surface area contributed by atoms with Crippen molar-refractivity contribution in [3.8, 4) is 0 Å². The molecule has 72 valence electrons. The molecule has 1 aromatic rings. The van der Waals surface area contributed by atoms with E-state index in [0.717, 1.165) is 5.56 Å². The molecule has 0 radical (unpaired) electrons. The molecule has 0 fully saturated rings. The summed E-state index contributed by atoms with van der Waals surface area (Å²) in [6, 6.07) is 6.22. The summed E-state index contributed by atoms with van der Waals surface area (Å²) in [5.41, 5.74) is 6.31. The minimum absolute atomic E-state index is 0. The van der Waals surface area contributed by atoms with Crippen LogP contribution in [0, 0.1) is 5.82 Å². The largest absolute Gasteiger partial charge is 0.388 e. The molecule has 0 unspecified atom stereocenters. The van der Waals surface area contributed by atoms with Crippen molar-refractivity contribution in [2.45, 2.75) is 13.5 Å². The van der Waals surface area contributed by atoms with Crippen LogP contribution in [0.5, 0.6) is 0 Å². The van der Waals surface area contributed by atoms with Crippen LogP contribution in [-0.4, -0.2) is 5.84 Å². The Bertz CT molecular complexity index is 278. The third-order valence-corrected chi connectivity index (χ3v) is 1.42. The second-order valence-electron chi connectivity index (χ2n) is 2.58. The lowest BCUT2D eigenvalue weighted by atomic mass is 10.2. The number of hydrogen-bond donors (Lipinski definition) is 1. The van der Waals surface area contributed by atoms with E-state index in [-0.39, 0.29) is 22.8 Å². The van der Waals surface area contributed by atoms with Crippen LogP contribution >= 0.6 is 17.0 Å². The van der Waals surface area contributed by atoms with Gasteiger partial charge in [-0.25, -0.2) is 4.39 Å². The highest BCUT2D eigenvalue weighted by Crippen LogP contribution is 2.03. The van der Waals surface area contributed by atoms with E-state index >= 15 is 0 Å². The highest BCUT2D eigenvalue weighted by Gasteiger charge is 1.91. The number of benzene rings is 1. The van der Waals surface area contributed by atoms with Crippen molar-refractivity contribution in [2.75, 3.05) is 0 Å². The molecule has 0 aliphatic carbocycles. The van der Waals surface area contributed by atoms with Gasteiger partial charge in [-0.1, -0.05) is 12.1 Å². The summed E-state index contributed by atoms with van der Waals surface area (Å²) in [5, 5.41) is 0. The average molecular weight is 247 g/mol. The van der Waals surface area contributed by atoms with E-state index in [1.54, 1.807) is 19.1 Å². The van der Waals surface area contributed by atoms with Gasteiger partial charge in [0.25, 0.3) is 0 Å². The number of aliphatic imine (C=N–C) groups is 1. The van der Waals surface area contributed by atoms with Crippen LogP contribution in [0.4, 0.5) is 4.39 Å². The summed E-state index contributed by atoms with van der Waals surface area (Å²) in [5.74, 6) is 0.312. The maximum atomic E-state index is 12.4. The molecule has 0 aromatic heterocycles. The van der Waals surface area contributed by atoms with Gasteiger partial charge in [-0.05, 0) is 24.6 Å². The Balaban J connectivity index is 0.00000144. The summed E-state index contributed by atoms with van der Waals surface area (Å²) < 4.78 is 12.4. The molecule has 0 heterocycles. The van der Waals surface area contributed by atoms with Crippen molar-refractivity contribution in [1.82, 2.24) is 0 Å². The van der Waals surface area contributed by atoms with E-state index in [2.05, 4.69) is 4.99 Å². The Kier molecular flexibility index (Phi) is 5.30. The molecule has 1 aromatic carbocycles. The van der Waals surface area contributed by atoms with Gasteiger partial charge in [0.15, 0.2) is 0 Å². The first-order chi connectivity index (χ1) is 5.68. The minimum atomic E-state index is -0.229. The van der Waals surface area contributed by atoms with E-state index in [0.29, 0.717) is 12.4 Å². The smallest absolute Gasteiger partial charge is 0.123 e. The standard InChI is InChI=1S/C9H11FN2.BrH/c1-7(11)12-6-8-2-4-9(10)5-3-8;/h2-5H,6H2,1H3,(H2,11,12);1H. The van der Waals surface area contributed by atoms with E-state index in [9.17, 15) is 4.39 Å². The zero-order valence-corrected chi connectivity index (χ0v) is 9.04. The number of amidine groups is 1. The third-order valence-electron chi connectivity index (χ3n) is 1.42. The highest BCUT2D eigenvalue weighted by molar-refractivity contribution is 8.93. The minimum Gasteiger partial charge on any atom is -0.388 e. The summed E-state index contributed by atoms with van der Waals surface area (Å²) in [6.07, 6.45) is 0. The van der Waals surface area contributed by atoms with Gasteiger partial charge in [0.1, 0.15) is 5.82 Å². The van der Waals surface area contributed by atoms with Gasteiger partial charge in [-0.2, -0.15) is 0 Å². The Morgan fingerprint density at radius 3 is 2.38 bits per heavy atom. The molecule has 0 aliphatic rings. The molecule has 0 saturated carbocycles. The van der Waals surface area contributed by atoms with Crippen molar-refractivity contribution in [1.29, 1.82) is 0 Å². The molecule has 13 heavy (non-hydrogen) atoms. The summed E-state index contributed by atoms with van der Waals surface area (Å²) in [4.78, 5) is 4.00. The van der Waals surface area contributed by atoms with Crippen LogP contribution in [0.1, 0.15) is 12.5 Å². The third kappa shape index (κ3) is 4.62. The second kappa shape index (κ2) is 5.70. The molecule has 4 heteroatoms. The SMILES string of the molecule is Br.CC(N)=NCc1ccc(F)cc1. The van der Waals surface area contributed by atoms with E-state index in [4.69, 9.17) is 5.73 Å². The molecular formula is C9H12BrFN2. The first-order valence-electron chi connectivity index (χ1n) is 3.69. The first kappa shape index (κ1) is 12.1. The quantitative estimate of drug-likeness (QED) is 0.631. The molecule has 2 N–H and O–H groups in total. The molecule has 1 rings (SSSR count). The Hall–Kier alpha value is -0.900. The van der Waals surface area contributed by atoms with Gasteiger partial charge >= 0.3 is 0 Å². The van der Waals surface area contributed by atoms with Crippen molar-refractivity contribution in [2.24, 2.45) is 10.7 Å². The molecule has 0 saturated heterocycles. The fraction of sp³-hybridized carbons (Fsp3) is 0.222. The monoisotopic (exact) mass is 246 g/mol. The van der Waals surface area contributed by atoms with E-state index in [1.807, 2.05) is 0 Å². The van der Waals surface area contributed by atoms with E-state index < -0.39 is 0 Å². The van der Waals surface area contributed by atoms with Gasteiger partial charge < -0.3 is 5.73 Å². The predicted molar refractivity (Wildman–Crippen MR) is 57.7 cm³/mol. The summed E-state index contributed by atoms with van der Waals surface area (Å²) in [7, 11) is 0. The molecular weight excluding hydrogens is 235 g/mol. The number of rotatable bonds is 2. The zero-order valence-electron chi connectivity index (χ0n) is 7.33. The lowest BCUT2D eigenvalue weighted by Gasteiger charge is -1.96. The predicted octanol–water partition coefficient (Wildman–Crippen LogP) is 2.28. The molecule has 0 bridgehead atoms. The lowest BCUT2D eigenvalue weighted by molar-refractivity contribution is 0.627. The van der Waals surface area contributed by atoms with Gasteiger partial charge in [0.05, 0.1) is 12.4 Å². The Labute approximate surface area is 87.4 Å². The van der Waals surface area contributed by atoms with Crippen molar-refractivity contribution in [3.05, 3.63) is 35.6 Å². The van der Waals surface area contributed by atoms with Crippen LogP contribution in [-0.2, 0) is 6.54 Å². The van der Waals surface area contributed by atoms with Crippen molar-refractivity contribution in [3.63, 3.8) is 0 Å². The van der Waals surface area contributed by atoms with Crippen molar-refractivity contribution >= 4 is 22.8 Å². The number of halogens is 2. The number of nitrogens with two attached hydrogens (primary N) is 1. The van der Waals surface area contributed by atoms with Crippen LogP contribution < -0.4 is 5.73 Å². The Morgan fingerprint density at radius 2 is 1.92 bits per heavy atom.